The summed E-state index contributed by atoms with van der Waals surface area (Å²) in [7, 11) is 3.88. The van der Waals surface area contributed by atoms with Crippen molar-refractivity contribution in [2.45, 2.75) is 44.9 Å². The van der Waals surface area contributed by atoms with E-state index < -0.39 is 0 Å². The van der Waals surface area contributed by atoms with E-state index in [-0.39, 0.29) is 18.1 Å². The first-order chi connectivity index (χ1) is 11.9. The molecule has 0 radical (unpaired) electrons. The molecule has 138 valence electrons. The number of morpholine rings is 1. The standard InChI is InChI=1S/C19H30N4O2/c1-14-11-22(12-15(2)25-14)13-17-6-5-9-23(17)19(24)16-7-8-20-18(10-16)21(3)4/h7-8,10,14-15,17H,5-6,9,11-13H2,1-4H3/t14-,15+,17-/m1/s1. The van der Waals surface area contributed by atoms with Crippen LogP contribution in [0.4, 0.5) is 5.82 Å². The Bertz CT molecular complexity index is 597. The third-order valence-corrected chi connectivity index (χ3v) is 5.05. The Kier molecular flexibility index (Phi) is 5.59. The predicted octanol–water partition coefficient (Wildman–Crippen LogP) is 1.86. The minimum Gasteiger partial charge on any atom is -0.373 e. The smallest absolute Gasteiger partial charge is 0.254 e. The molecule has 3 atom stereocenters. The highest BCUT2D eigenvalue weighted by Crippen LogP contribution is 2.23. The minimum absolute atomic E-state index is 0.127. The van der Waals surface area contributed by atoms with Gasteiger partial charge in [-0.05, 0) is 38.8 Å². The summed E-state index contributed by atoms with van der Waals surface area (Å²) < 4.78 is 5.83. The fraction of sp³-hybridized carbons (Fsp3) is 0.684. The first-order valence-corrected chi connectivity index (χ1v) is 9.26. The van der Waals surface area contributed by atoms with Crippen LogP contribution >= 0.6 is 0 Å². The van der Waals surface area contributed by atoms with Gasteiger partial charge < -0.3 is 14.5 Å². The molecule has 1 amide bonds. The van der Waals surface area contributed by atoms with Gasteiger partial charge >= 0.3 is 0 Å². The molecule has 0 spiro atoms. The number of pyridine rings is 1. The largest absolute Gasteiger partial charge is 0.373 e. The number of nitrogens with zero attached hydrogens (tertiary/aromatic N) is 4. The van der Waals surface area contributed by atoms with Gasteiger partial charge in [0.2, 0.25) is 0 Å². The highest BCUT2D eigenvalue weighted by atomic mass is 16.5. The molecule has 0 unspecified atom stereocenters. The quantitative estimate of drug-likeness (QED) is 0.833. The lowest BCUT2D eigenvalue weighted by atomic mass is 10.1. The fourth-order valence-corrected chi connectivity index (χ4v) is 3.99. The van der Waals surface area contributed by atoms with Crippen molar-refractivity contribution in [1.29, 1.82) is 0 Å². The minimum atomic E-state index is 0.127. The van der Waals surface area contributed by atoms with Crippen LogP contribution in [0.15, 0.2) is 18.3 Å². The van der Waals surface area contributed by atoms with Crippen molar-refractivity contribution < 1.29 is 9.53 Å². The molecular formula is C19H30N4O2. The van der Waals surface area contributed by atoms with E-state index in [0.717, 1.165) is 50.4 Å². The maximum atomic E-state index is 13.0. The Balaban J connectivity index is 1.68. The van der Waals surface area contributed by atoms with E-state index in [4.69, 9.17) is 4.74 Å². The van der Waals surface area contributed by atoms with Gasteiger partial charge in [-0.1, -0.05) is 0 Å². The number of ether oxygens (including phenoxy) is 1. The molecule has 6 heteroatoms. The maximum Gasteiger partial charge on any atom is 0.254 e. The van der Waals surface area contributed by atoms with Gasteiger partial charge in [-0.2, -0.15) is 0 Å². The molecule has 2 aliphatic heterocycles. The highest BCUT2D eigenvalue weighted by Gasteiger charge is 2.33. The van der Waals surface area contributed by atoms with Gasteiger partial charge in [0, 0.05) is 58.1 Å². The summed E-state index contributed by atoms with van der Waals surface area (Å²) in [5, 5.41) is 0. The lowest BCUT2D eigenvalue weighted by Gasteiger charge is -2.38. The summed E-state index contributed by atoms with van der Waals surface area (Å²) in [6.45, 7) is 7.93. The Labute approximate surface area is 150 Å². The van der Waals surface area contributed by atoms with Gasteiger partial charge in [0.15, 0.2) is 0 Å². The second-order valence-corrected chi connectivity index (χ2v) is 7.57. The second kappa shape index (κ2) is 7.70. The van der Waals surface area contributed by atoms with Gasteiger partial charge in [-0.3, -0.25) is 9.69 Å². The van der Waals surface area contributed by atoms with Crippen LogP contribution in [0.25, 0.3) is 0 Å². The average Bonchev–Trinajstić information content (AvgIpc) is 3.01. The van der Waals surface area contributed by atoms with Gasteiger partial charge in [0.05, 0.1) is 12.2 Å². The van der Waals surface area contributed by atoms with Crippen LogP contribution in [-0.2, 0) is 4.74 Å². The van der Waals surface area contributed by atoms with Crippen LogP contribution in [-0.4, -0.2) is 79.2 Å². The van der Waals surface area contributed by atoms with E-state index in [1.807, 2.05) is 31.1 Å². The second-order valence-electron chi connectivity index (χ2n) is 7.57. The SMILES string of the molecule is C[C@@H]1CN(C[C@H]2CCCN2C(=O)c2ccnc(N(C)C)c2)C[C@H](C)O1. The Morgan fingerprint density at radius 3 is 2.72 bits per heavy atom. The Morgan fingerprint density at radius 1 is 1.32 bits per heavy atom. The number of rotatable bonds is 4. The van der Waals surface area contributed by atoms with Gasteiger partial charge in [-0.25, -0.2) is 4.98 Å². The number of hydrogen-bond acceptors (Lipinski definition) is 5. The summed E-state index contributed by atoms with van der Waals surface area (Å²) in [5.41, 5.74) is 0.731. The normalized spacial score (nSPS) is 27.5. The molecule has 0 bridgehead atoms. The van der Waals surface area contributed by atoms with E-state index in [1.54, 1.807) is 6.20 Å². The zero-order valence-corrected chi connectivity index (χ0v) is 15.8. The van der Waals surface area contributed by atoms with Crippen LogP contribution < -0.4 is 4.90 Å². The number of anilines is 1. The average molecular weight is 346 g/mol. The van der Waals surface area contributed by atoms with Gasteiger partial charge in [0.1, 0.15) is 5.82 Å². The molecular weight excluding hydrogens is 316 g/mol. The molecule has 1 aromatic rings. The third-order valence-electron chi connectivity index (χ3n) is 5.05. The molecule has 2 aliphatic rings. The number of amides is 1. The number of hydrogen-bond donors (Lipinski definition) is 0. The van der Waals surface area contributed by atoms with Crippen molar-refractivity contribution >= 4 is 11.7 Å². The fourth-order valence-electron chi connectivity index (χ4n) is 3.99. The number of aromatic nitrogens is 1. The summed E-state index contributed by atoms with van der Waals surface area (Å²) >= 11 is 0. The molecule has 1 aromatic heterocycles. The van der Waals surface area contributed by atoms with Gasteiger partial charge in [-0.15, -0.1) is 0 Å². The predicted molar refractivity (Wildman–Crippen MR) is 99.1 cm³/mol. The summed E-state index contributed by atoms with van der Waals surface area (Å²) in [6.07, 6.45) is 4.41. The van der Waals surface area contributed by atoms with E-state index in [0.29, 0.717) is 6.04 Å². The lowest BCUT2D eigenvalue weighted by Crippen LogP contribution is -2.50. The molecule has 0 N–H and O–H groups in total. The third kappa shape index (κ3) is 4.30. The molecule has 3 heterocycles. The lowest BCUT2D eigenvalue weighted by molar-refractivity contribution is -0.0715. The van der Waals surface area contributed by atoms with Crippen LogP contribution in [0, 0.1) is 0 Å². The van der Waals surface area contributed by atoms with Crippen molar-refractivity contribution in [1.82, 2.24) is 14.8 Å². The molecule has 3 rings (SSSR count). The topological polar surface area (TPSA) is 48.9 Å². The van der Waals surface area contributed by atoms with Crippen molar-refractivity contribution in [3.05, 3.63) is 23.9 Å². The zero-order chi connectivity index (χ0) is 18.0. The van der Waals surface area contributed by atoms with Crippen LogP contribution in [0.3, 0.4) is 0 Å². The molecule has 25 heavy (non-hydrogen) atoms. The van der Waals surface area contributed by atoms with Crippen LogP contribution in [0.1, 0.15) is 37.0 Å². The molecule has 0 aromatic carbocycles. The Hall–Kier alpha value is -1.66. The number of carbonyl (C=O) groups is 1. The molecule has 6 nitrogen and oxygen atoms in total. The molecule has 0 aliphatic carbocycles. The monoisotopic (exact) mass is 346 g/mol. The van der Waals surface area contributed by atoms with Crippen LogP contribution in [0.2, 0.25) is 0 Å². The molecule has 2 saturated heterocycles. The van der Waals surface area contributed by atoms with Crippen LogP contribution in [0.5, 0.6) is 0 Å². The summed E-state index contributed by atoms with van der Waals surface area (Å²) in [5.74, 6) is 0.944. The Morgan fingerprint density at radius 2 is 2.04 bits per heavy atom. The molecule has 2 fully saturated rings. The van der Waals surface area contributed by atoms with Crippen molar-refractivity contribution in [2.24, 2.45) is 0 Å². The highest BCUT2D eigenvalue weighted by molar-refractivity contribution is 5.95. The first kappa shape index (κ1) is 18.1. The van der Waals surface area contributed by atoms with Crippen molar-refractivity contribution in [2.75, 3.05) is 45.2 Å². The summed E-state index contributed by atoms with van der Waals surface area (Å²) in [4.78, 5) is 23.8. The van der Waals surface area contributed by atoms with Crippen molar-refractivity contribution in [3.63, 3.8) is 0 Å². The summed E-state index contributed by atoms with van der Waals surface area (Å²) in [6, 6.07) is 4.00. The van der Waals surface area contributed by atoms with E-state index >= 15 is 0 Å². The molecule has 0 saturated carbocycles. The number of carbonyl (C=O) groups excluding carboxylic acids is 1. The van der Waals surface area contributed by atoms with E-state index in [9.17, 15) is 4.79 Å². The first-order valence-electron chi connectivity index (χ1n) is 9.26. The van der Waals surface area contributed by atoms with Gasteiger partial charge in [0.25, 0.3) is 5.91 Å². The maximum absolute atomic E-state index is 13.0. The van der Waals surface area contributed by atoms with E-state index in [1.165, 1.54) is 0 Å². The number of likely N-dealkylation sites (tertiary alicyclic amines) is 1. The zero-order valence-electron chi connectivity index (χ0n) is 15.8. The van der Waals surface area contributed by atoms with Crippen molar-refractivity contribution in [3.8, 4) is 0 Å². The van der Waals surface area contributed by atoms with E-state index in [2.05, 4.69) is 28.6 Å².